The molecule has 4 nitrogen and oxygen atoms in total. The highest BCUT2D eigenvalue weighted by Gasteiger charge is 2.22. The lowest BCUT2D eigenvalue weighted by molar-refractivity contribution is 0.112. The molecule has 0 N–H and O–H groups in total. The summed E-state index contributed by atoms with van der Waals surface area (Å²) in [6, 6.07) is 6.81. The third-order valence-electron chi connectivity index (χ3n) is 2.10. The number of nitrogens with zero attached hydrogens (tertiary/aromatic N) is 1. The highest BCUT2D eigenvalue weighted by molar-refractivity contribution is 5.89. The van der Waals surface area contributed by atoms with Gasteiger partial charge in [0.1, 0.15) is 12.9 Å². The summed E-state index contributed by atoms with van der Waals surface area (Å²) < 4.78 is 4.79. The quantitative estimate of drug-likeness (QED) is 0.721. The number of rotatable bonds is 2. The van der Waals surface area contributed by atoms with Crippen molar-refractivity contribution >= 4 is 18.1 Å². The summed E-state index contributed by atoms with van der Waals surface area (Å²) in [4.78, 5) is 23.1. The lowest BCUT2D eigenvalue weighted by Gasteiger charge is -2.11. The van der Waals surface area contributed by atoms with E-state index in [1.165, 1.54) is 4.90 Å². The Morgan fingerprint density at radius 2 is 1.88 bits per heavy atom. The fourth-order valence-electron chi connectivity index (χ4n) is 1.36. The zero-order valence-electron chi connectivity index (χ0n) is 9.47. The van der Waals surface area contributed by atoms with Crippen LogP contribution in [-0.2, 0) is 4.74 Å². The Labute approximate surface area is 94.8 Å². The molecule has 1 aliphatic heterocycles. The minimum Gasteiger partial charge on any atom is -0.447 e. The van der Waals surface area contributed by atoms with Crippen molar-refractivity contribution in [1.82, 2.24) is 0 Å². The molecule has 0 bridgehead atoms. The molecular formula is C12H15NO3. The van der Waals surface area contributed by atoms with Crippen LogP contribution in [0.2, 0.25) is 0 Å². The highest BCUT2D eigenvalue weighted by atomic mass is 16.6. The molecule has 1 aromatic carbocycles. The number of hydrogen-bond acceptors (Lipinski definition) is 3. The second-order valence-electron chi connectivity index (χ2n) is 2.98. The molecule has 1 amide bonds. The normalized spacial score (nSPS) is 13.9. The molecule has 1 saturated heterocycles. The molecule has 0 radical (unpaired) electrons. The van der Waals surface area contributed by atoms with Gasteiger partial charge >= 0.3 is 6.09 Å². The third-order valence-corrected chi connectivity index (χ3v) is 2.10. The molecule has 0 saturated carbocycles. The SMILES string of the molecule is CC.O=Cc1ccc(N2CCOC2=O)cc1. The predicted octanol–water partition coefficient (Wildman–Crippen LogP) is 2.48. The first-order valence-corrected chi connectivity index (χ1v) is 5.31. The minimum atomic E-state index is -0.330. The summed E-state index contributed by atoms with van der Waals surface area (Å²) in [5.41, 5.74) is 1.36. The van der Waals surface area contributed by atoms with Gasteiger partial charge in [0.15, 0.2) is 0 Å². The fourth-order valence-corrected chi connectivity index (χ4v) is 1.36. The van der Waals surface area contributed by atoms with E-state index in [4.69, 9.17) is 4.74 Å². The van der Waals surface area contributed by atoms with Crippen LogP contribution in [0.1, 0.15) is 24.2 Å². The summed E-state index contributed by atoms with van der Waals surface area (Å²) in [5.74, 6) is 0. The summed E-state index contributed by atoms with van der Waals surface area (Å²) >= 11 is 0. The smallest absolute Gasteiger partial charge is 0.414 e. The standard InChI is InChI=1S/C10H9NO3.C2H6/c12-7-8-1-3-9(4-2-8)11-5-6-14-10(11)13;1-2/h1-4,7H,5-6H2;1-2H3. The number of carbonyl (C=O) groups is 2. The summed E-state index contributed by atoms with van der Waals surface area (Å²) in [6.45, 7) is 4.99. The van der Waals surface area contributed by atoms with Crippen molar-refractivity contribution in [2.75, 3.05) is 18.1 Å². The topological polar surface area (TPSA) is 46.6 Å². The minimum absolute atomic E-state index is 0.330. The van der Waals surface area contributed by atoms with Crippen LogP contribution in [0.15, 0.2) is 24.3 Å². The Morgan fingerprint density at radius 3 is 2.31 bits per heavy atom. The first-order valence-electron chi connectivity index (χ1n) is 5.31. The molecule has 2 rings (SSSR count). The average molecular weight is 221 g/mol. The van der Waals surface area contributed by atoms with Crippen molar-refractivity contribution in [1.29, 1.82) is 0 Å². The van der Waals surface area contributed by atoms with E-state index in [0.717, 1.165) is 12.0 Å². The van der Waals surface area contributed by atoms with Crippen LogP contribution in [-0.4, -0.2) is 25.5 Å². The van der Waals surface area contributed by atoms with Gasteiger partial charge in [0.25, 0.3) is 0 Å². The molecule has 0 aliphatic carbocycles. The largest absolute Gasteiger partial charge is 0.447 e. The van der Waals surface area contributed by atoms with Gasteiger partial charge in [0.2, 0.25) is 0 Å². The lowest BCUT2D eigenvalue weighted by Crippen LogP contribution is -2.23. The number of amides is 1. The number of ether oxygens (including phenoxy) is 1. The Hall–Kier alpha value is -1.84. The lowest BCUT2D eigenvalue weighted by atomic mass is 10.2. The van der Waals surface area contributed by atoms with Crippen LogP contribution in [0.25, 0.3) is 0 Å². The van der Waals surface area contributed by atoms with E-state index < -0.39 is 0 Å². The van der Waals surface area contributed by atoms with Gasteiger partial charge in [-0.15, -0.1) is 0 Å². The van der Waals surface area contributed by atoms with Crippen molar-refractivity contribution < 1.29 is 14.3 Å². The van der Waals surface area contributed by atoms with Gasteiger partial charge in [-0.05, 0) is 24.3 Å². The van der Waals surface area contributed by atoms with Gasteiger partial charge in [-0.1, -0.05) is 13.8 Å². The summed E-state index contributed by atoms with van der Waals surface area (Å²) in [7, 11) is 0. The maximum absolute atomic E-state index is 11.2. The van der Waals surface area contributed by atoms with Crippen molar-refractivity contribution in [2.24, 2.45) is 0 Å². The van der Waals surface area contributed by atoms with E-state index in [0.29, 0.717) is 18.7 Å². The second kappa shape index (κ2) is 5.90. The third kappa shape index (κ3) is 2.59. The van der Waals surface area contributed by atoms with E-state index in [2.05, 4.69) is 0 Å². The maximum Gasteiger partial charge on any atom is 0.414 e. The number of aldehydes is 1. The Morgan fingerprint density at radius 1 is 1.25 bits per heavy atom. The van der Waals surface area contributed by atoms with E-state index in [-0.39, 0.29) is 6.09 Å². The van der Waals surface area contributed by atoms with Gasteiger partial charge in [-0.25, -0.2) is 4.79 Å². The van der Waals surface area contributed by atoms with Gasteiger partial charge in [0, 0.05) is 11.3 Å². The van der Waals surface area contributed by atoms with Crippen LogP contribution < -0.4 is 4.90 Å². The molecule has 0 spiro atoms. The molecule has 4 heteroatoms. The Balaban J connectivity index is 0.000000606. The zero-order valence-corrected chi connectivity index (χ0v) is 9.47. The fraction of sp³-hybridized carbons (Fsp3) is 0.333. The van der Waals surface area contributed by atoms with Gasteiger partial charge in [-0.3, -0.25) is 9.69 Å². The first kappa shape index (κ1) is 12.2. The van der Waals surface area contributed by atoms with Gasteiger partial charge in [-0.2, -0.15) is 0 Å². The van der Waals surface area contributed by atoms with E-state index in [1.54, 1.807) is 24.3 Å². The molecule has 1 aromatic rings. The van der Waals surface area contributed by atoms with Crippen LogP contribution in [0.5, 0.6) is 0 Å². The zero-order chi connectivity index (χ0) is 12.0. The second-order valence-corrected chi connectivity index (χ2v) is 2.98. The summed E-state index contributed by atoms with van der Waals surface area (Å²) in [5, 5.41) is 0. The van der Waals surface area contributed by atoms with Crippen molar-refractivity contribution in [3.63, 3.8) is 0 Å². The van der Waals surface area contributed by atoms with E-state index in [9.17, 15) is 9.59 Å². The molecular weight excluding hydrogens is 206 g/mol. The monoisotopic (exact) mass is 221 g/mol. The number of carbonyl (C=O) groups excluding carboxylic acids is 2. The van der Waals surface area contributed by atoms with E-state index >= 15 is 0 Å². The van der Waals surface area contributed by atoms with Gasteiger partial charge < -0.3 is 4.74 Å². The molecule has 1 heterocycles. The van der Waals surface area contributed by atoms with Crippen molar-refractivity contribution in [3.05, 3.63) is 29.8 Å². The number of benzene rings is 1. The Bertz CT molecular complexity index is 359. The van der Waals surface area contributed by atoms with Crippen molar-refractivity contribution in [2.45, 2.75) is 13.8 Å². The molecule has 16 heavy (non-hydrogen) atoms. The van der Waals surface area contributed by atoms with Crippen LogP contribution in [0, 0.1) is 0 Å². The highest BCUT2D eigenvalue weighted by Crippen LogP contribution is 2.18. The molecule has 86 valence electrons. The molecule has 0 atom stereocenters. The predicted molar refractivity (Wildman–Crippen MR) is 61.9 cm³/mol. The number of hydrogen-bond donors (Lipinski definition) is 0. The summed E-state index contributed by atoms with van der Waals surface area (Å²) in [6.07, 6.45) is 0.440. The van der Waals surface area contributed by atoms with Gasteiger partial charge in [0.05, 0.1) is 6.54 Å². The van der Waals surface area contributed by atoms with Crippen LogP contribution in [0.3, 0.4) is 0 Å². The first-order chi connectivity index (χ1) is 7.81. The molecule has 0 aromatic heterocycles. The molecule has 0 unspecified atom stereocenters. The van der Waals surface area contributed by atoms with Crippen LogP contribution >= 0.6 is 0 Å². The Kier molecular flexibility index (Phi) is 4.51. The van der Waals surface area contributed by atoms with E-state index in [1.807, 2.05) is 13.8 Å². The maximum atomic E-state index is 11.2. The molecule has 1 aliphatic rings. The number of anilines is 1. The van der Waals surface area contributed by atoms with Crippen molar-refractivity contribution in [3.8, 4) is 0 Å². The molecule has 1 fully saturated rings. The average Bonchev–Trinajstić information content (AvgIpc) is 2.78. The number of cyclic esters (lactones) is 1. The van der Waals surface area contributed by atoms with Crippen LogP contribution in [0.4, 0.5) is 10.5 Å².